The van der Waals surface area contributed by atoms with E-state index in [0.29, 0.717) is 29.4 Å². The van der Waals surface area contributed by atoms with Crippen molar-refractivity contribution < 1.29 is 19.1 Å². The van der Waals surface area contributed by atoms with Gasteiger partial charge in [-0.05, 0) is 41.8 Å². The minimum Gasteiger partial charge on any atom is -0.491 e. The lowest BCUT2D eigenvalue weighted by molar-refractivity contribution is -0.120. The number of rotatable bonds is 10. The van der Waals surface area contributed by atoms with Gasteiger partial charge in [0.25, 0.3) is 0 Å². The molecule has 0 bridgehead atoms. The van der Waals surface area contributed by atoms with Gasteiger partial charge in [0.05, 0.1) is 5.25 Å². The number of methoxy groups -OCH3 is 1. The van der Waals surface area contributed by atoms with Crippen LogP contribution in [-0.4, -0.2) is 37.5 Å². The zero-order valence-electron chi connectivity index (χ0n) is 15.2. The predicted molar refractivity (Wildman–Crippen MR) is 109 cm³/mol. The van der Waals surface area contributed by atoms with Crippen LogP contribution >= 0.6 is 23.4 Å². The molecule has 0 fully saturated rings. The standard InChI is InChI=1S/C20H22ClNO4S/c1-22-20(24)19(27-13-23)10-14-6-8-17(9-7-14)26-12-18(25-2)15-4-3-5-16(21)11-15/h3-9,11,13,18-19H,10,12H2,1-2H3,(H,22,24). The van der Waals surface area contributed by atoms with Crippen molar-refractivity contribution in [3.05, 3.63) is 64.7 Å². The average Bonchev–Trinajstić information content (AvgIpc) is 2.69. The summed E-state index contributed by atoms with van der Waals surface area (Å²) in [5.74, 6) is 0.527. The number of thioether (sulfide) groups is 1. The molecule has 0 heterocycles. The van der Waals surface area contributed by atoms with Crippen LogP contribution in [0.1, 0.15) is 17.2 Å². The van der Waals surface area contributed by atoms with Crippen molar-refractivity contribution in [2.45, 2.75) is 17.8 Å². The molecule has 1 amide bonds. The Kier molecular flexibility index (Phi) is 8.64. The first-order chi connectivity index (χ1) is 13.1. The first-order valence-corrected chi connectivity index (χ1v) is 9.70. The molecule has 0 saturated heterocycles. The maximum Gasteiger partial charge on any atom is 0.233 e. The number of halogens is 1. The van der Waals surface area contributed by atoms with E-state index in [2.05, 4.69) is 5.32 Å². The zero-order valence-corrected chi connectivity index (χ0v) is 16.8. The van der Waals surface area contributed by atoms with Crippen LogP contribution in [0.15, 0.2) is 48.5 Å². The van der Waals surface area contributed by atoms with Crippen molar-refractivity contribution in [3.63, 3.8) is 0 Å². The van der Waals surface area contributed by atoms with Crippen LogP contribution in [0.3, 0.4) is 0 Å². The predicted octanol–water partition coefficient (Wildman–Crippen LogP) is 3.69. The molecule has 0 aromatic heterocycles. The summed E-state index contributed by atoms with van der Waals surface area (Å²) < 4.78 is 11.3. The second-order valence-corrected chi connectivity index (χ2v) is 7.24. The van der Waals surface area contributed by atoms with Gasteiger partial charge in [-0.2, -0.15) is 0 Å². The molecule has 2 unspecified atom stereocenters. The van der Waals surface area contributed by atoms with Crippen LogP contribution in [0, 0.1) is 0 Å². The summed E-state index contributed by atoms with van der Waals surface area (Å²) in [6, 6.07) is 14.9. The normalized spacial score (nSPS) is 12.9. The smallest absolute Gasteiger partial charge is 0.233 e. The number of carbonyl (C=O) groups excluding carboxylic acids is 2. The first kappa shape index (κ1) is 21.3. The summed E-state index contributed by atoms with van der Waals surface area (Å²) >= 11 is 7.00. The van der Waals surface area contributed by atoms with Crippen molar-refractivity contribution >= 4 is 34.9 Å². The Bertz CT molecular complexity index is 754. The monoisotopic (exact) mass is 407 g/mol. The van der Waals surface area contributed by atoms with E-state index in [9.17, 15) is 9.59 Å². The second-order valence-electron chi connectivity index (χ2n) is 5.77. The first-order valence-electron chi connectivity index (χ1n) is 8.38. The van der Waals surface area contributed by atoms with Gasteiger partial charge in [0.15, 0.2) is 5.62 Å². The van der Waals surface area contributed by atoms with Gasteiger partial charge in [0.1, 0.15) is 18.5 Å². The molecule has 2 rings (SSSR count). The molecule has 7 heteroatoms. The fraction of sp³-hybridized carbons (Fsp3) is 0.300. The molecular formula is C20H22ClNO4S. The topological polar surface area (TPSA) is 64.6 Å². The third kappa shape index (κ3) is 6.57. The molecule has 0 radical (unpaired) electrons. The third-order valence-electron chi connectivity index (χ3n) is 4.01. The van der Waals surface area contributed by atoms with Gasteiger partial charge in [-0.3, -0.25) is 9.59 Å². The molecule has 0 aliphatic heterocycles. The van der Waals surface area contributed by atoms with Gasteiger partial charge < -0.3 is 14.8 Å². The highest BCUT2D eigenvalue weighted by atomic mass is 35.5. The zero-order chi connectivity index (χ0) is 19.6. The minimum atomic E-state index is -0.444. The van der Waals surface area contributed by atoms with Gasteiger partial charge in [-0.1, -0.05) is 47.6 Å². The van der Waals surface area contributed by atoms with E-state index in [1.54, 1.807) is 14.2 Å². The molecule has 2 aromatic rings. The Labute approximate surface area is 168 Å². The molecule has 5 nitrogen and oxygen atoms in total. The molecule has 0 aliphatic carbocycles. The molecule has 0 aliphatic rings. The summed E-state index contributed by atoms with van der Waals surface area (Å²) in [6.45, 7) is 0.345. The largest absolute Gasteiger partial charge is 0.491 e. The van der Waals surface area contributed by atoms with Crippen LogP contribution in [-0.2, 0) is 20.7 Å². The fourth-order valence-corrected chi connectivity index (χ4v) is 3.41. The van der Waals surface area contributed by atoms with E-state index in [4.69, 9.17) is 21.1 Å². The summed E-state index contributed by atoms with van der Waals surface area (Å²) in [4.78, 5) is 22.5. The average molecular weight is 408 g/mol. The van der Waals surface area contributed by atoms with Crippen LogP contribution in [0.2, 0.25) is 5.02 Å². The molecule has 0 saturated carbocycles. The number of ether oxygens (including phenoxy) is 2. The number of amides is 1. The molecule has 1 N–H and O–H groups in total. The maximum absolute atomic E-state index is 11.8. The second kappa shape index (κ2) is 11.0. The van der Waals surface area contributed by atoms with E-state index in [1.807, 2.05) is 48.5 Å². The van der Waals surface area contributed by atoms with E-state index >= 15 is 0 Å². The lowest BCUT2D eigenvalue weighted by Gasteiger charge is -2.17. The van der Waals surface area contributed by atoms with Crippen LogP contribution < -0.4 is 10.1 Å². The van der Waals surface area contributed by atoms with Gasteiger partial charge in [-0.25, -0.2) is 0 Å². The maximum atomic E-state index is 11.8. The van der Waals surface area contributed by atoms with Crippen molar-refractivity contribution in [2.75, 3.05) is 20.8 Å². The highest BCUT2D eigenvalue weighted by Gasteiger charge is 2.18. The highest BCUT2D eigenvalue weighted by Crippen LogP contribution is 2.23. The third-order valence-corrected chi connectivity index (χ3v) is 5.06. The lowest BCUT2D eigenvalue weighted by Crippen LogP contribution is -2.31. The molecule has 2 aromatic carbocycles. The number of nitrogens with one attached hydrogen (secondary N) is 1. The minimum absolute atomic E-state index is 0.170. The van der Waals surface area contributed by atoms with Gasteiger partial charge in [-0.15, -0.1) is 0 Å². The lowest BCUT2D eigenvalue weighted by atomic mass is 10.1. The molecule has 27 heavy (non-hydrogen) atoms. The van der Waals surface area contributed by atoms with E-state index in [-0.39, 0.29) is 12.0 Å². The fourth-order valence-electron chi connectivity index (χ4n) is 2.55. The van der Waals surface area contributed by atoms with Crippen LogP contribution in [0.4, 0.5) is 0 Å². The van der Waals surface area contributed by atoms with Crippen molar-refractivity contribution in [1.29, 1.82) is 0 Å². The summed E-state index contributed by atoms with van der Waals surface area (Å²) in [7, 11) is 3.19. The van der Waals surface area contributed by atoms with E-state index in [0.717, 1.165) is 22.9 Å². The molecular weight excluding hydrogens is 386 g/mol. The number of hydrogen-bond donors (Lipinski definition) is 1. The Balaban J connectivity index is 1.96. The molecule has 144 valence electrons. The van der Waals surface area contributed by atoms with E-state index in [1.165, 1.54) is 0 Å². The van der Waals surface area contributed by atoms with Gasteiger partial charge in [0.2, 0.25) is 5.91 Å². The highest BCUT2D eigenvalue weighted by molar-refractivity contribution is 8.13. The number of carbonyl (C=O) groups is 2. The number of hydrogen-bond acceptors (Lipinski definition) is 5. The quantitative estimate of drug-likeness (QED) is 0.608. The van der Waals surface area contributed by atoms with Gasteiger partial charge >= 0.3 is 0 Å². The Morgan fingerprint density at radius 3 is 2.59 bits per heavy atom. The summed E-state index contributed by atoms with van der Waals surface area (Å²) in [5.41, 5.74) is 2.59. The Hall–Kier alpha value is -2.02. The number of benzene rings is 2. The molecule has 0 spiro atoms. The van der Waals surface area contributed by atoms with Crippen molar-refractivity contribution in [3.8, 4) is 5.75 Å². The van der Waals surface area contributed by atoms with Crippen LogP contribution in [0.5, 0.6) is 5.75 Å². The SMILES string of the molecule is CNC(=O)C(Cc1ccc(OCC(OC)c2cccc(Cl)c2)cc1)SC=O. The summed E-state index contributed by atoms with van der Waals surface area (Å²) in [5, 5.41) is 2.78. The Morgan fingerprint density at radius 1 is 1.26 bits per heavy atom. The summed E-state index contributed by atoms with van der Waals surface area (Å²) in [6.07, 6.45) is 0.233. The van der Waals surface area contributed by atoms with Gasteiger partial charge in [0, 0.05) is 19.2 Å². The van der Waals surface area contributed by atoms with Crippen LogP contribution in [0.25, 0.3) is 0 Å². The van der Waals surface area contributed by atoms with Crippen molar-refractivity contribution in [2.24, 2.45) is 0 Å². The molecule has 2 atom stereocenters. The van der Waals surface area contributed by atoms with E-state index < -0.39 is 5.25 Å². The Morgan fingerprint density at radius 2 is 2.00 bits per heavy atom. The van der Waals surface area contributed by atoms with Crippen molar-refractivity contribution in [1.82, 2.24) is 5.32 Å².